The Bertz CT molecular complexity index is 288. The highest BCUT2D eigenvalue weighted by atomic mass is 16.5. The molecule has 2 unspecified atom stereocenters. The van der Waals surface area contributed by atoms with Gasteiger partial charge in [0.15, 0.2) is 0 Å². The Labute approximate surface area is 87.5 Å². The van der Waals surface area contributed by atoms with Crippen molar-refractivity contribution in [1.29, 1.82) is 0 Å². The van der Waals surface area contributed by atoms with Gasteiger partial charge in [-0.25, -0.2) is 4.79 Å². The third-order valence-corrected chi connectivity index (χ3v) is 2.28. The first-order chi connectivity index (χ1) is 7.06. The Hall–Kier alpha value is -1.74. The Morgan fingerprint density at radius 3 is 2.60 bits per heavy atom. The number of carbonyl (C=O) groups is 2. The van der Waals surface area contributed by atoms with E-state index in [0.29, 0.717) is 6.42 Å². The van der Waals surface area contributed by atoms with Crippen molar-refractivity contribution in [2.75, 3.05) is 13.2 Å². The molecular weight excluding hydrogens is 198 g/mol. The molecule has 2 atom stereocenters. The van der Waals surface area contributed by atoms with Crippen molar-refractivity contribution in [1.82, 2.24) is 4.90 Å². The Morgan fingerprint density at radius 2 is 2.20 bits per heavy atom. The summed E-state index contributed by atoms with van der Waals surface area (Å²) in [4.78, 5) is 23.2. The average Bonchev–Trinajstić information content (AvgIpc) is 2.58. The molecule has 1 aliphatic rings. The molecule has 1 saturated heterocycles. The van der Waals surface area contributed by atoms with Crippen LogP contribution in [0.1, 0.15) is 6.42 Å². The lowest BCUT2D eigenvalue weighted by atomic mass is 10.2. The van der Waals surface area contributed by atoms with Gasteiger partial charge in [0.25, 0.3) is 0 Å². The largest absolute Gasteiger partial charge is 0.368 e. The van der Waals surface area contributed by atoms with E-state index in [-0.39, 0.29) is 19.3 Å². The van der Waals surface area contributed by atoms with Crippen molar-refractivity contribution in [3.05, 3.63) is 0 Å². The van der Waals surface area contributed by atoms with Crippen LogP contribution < -0.4 is 11.5 Å². The van der Waals surface area contributed by atoms with E-state index >= 15 is 0 Å². The summed E-state index contributed by atoms with van der Waals surface area (Å²) in [5, 5.41) is 0. The molecular formula is C9H13N3O3. The number of rotatable bonds is 3. The molecule has 0 radical (unpaired) electrons. The zero-order valence-electron chi connectivity index (χ0n) is 8.18. The van der Waals surface area contributed by atoms with Gasteiger partial charge < -0.3 is 21.1 Å². The first kappa shape index (κ1) is 11.3. The predicted molar refractivity (Wildman–Crippen MR) is 52.5 cm³/mol. The number of terminal acetylenes is 1. The number of primary amides is 2. The van der Waals surface area contributed by atoms with E-state index in [9.17, 15) is 9.59 Å². The second kappa shape index (κ2) is 4.66. The van der Waals surface area contributed by atoms with E-state index in [1.54, 1.807) is 0 Å². The number of nitrogens with zero attached hydrogens (tertiary/aromatic N) is 1. The van der Waals surface area contributed by atoms with Crippen molar-refractivity contribution in [3.8, 4) is 12.3 Å². The van der Waals surface area contributed by atoms with Crippen LogP contribution in [-0.2, 0) is 9.53 Å². The van der Waals surface area contributed by atoms with Crippen LogP contribution in [0, 0.1) is 12.3 Å². The van der Waals surface area contributed by atoms with Crippen molar-refractivity contribution in [2.24, 2.45) is 11.5 Å². The fourth-order valence-electron chi connectivity index (χ4n) is 1.60. The Kier molecular flexibility index (Phi) is 3.52. The van der Waals surface area contributed by atoms with Crippen LogP contribution in [0.25, 0.3) is 0 Å². The zero-order valence-corrected chi connectivity index (χ0v) is 8.18. The van der Waals surface area contributed by atoms with Crippen LogP contribution in [0.3, 0.4) is 0 Å². The maximum Gasteiger partial charge on any atom is 0.315 e. The molecule has 0 saturated carbocycles. The molecule has 82 valence electrons. The molecule has 0 bridgehead atoms. The maximum atomic E-state index is 11.0. The Morgan fingerprint density at radius 1 is 1.53 bits per heavy atom. The number of hydrogen-bond donors (Lipinski definition) is 2. The summed E-state index contributed by atoms with van der Waals surface area (Å²) in [6.45, 7) is 0.396. The molecule has 6 heteroatoms. The van der Waals surface area contributed by atoms with Gasteiger partial charge in [-0.2, -0.15) is 0 Å². The zero-order chi connectivity index (χ0) is 11.4. The quantitative estimate of drug-likeness (QED) is 0.564. The normalized spacial score (nSPS) is 24.9. The molecule has 0 aliphatic carbocycles. The van der Waals surface area contributed by atoms with Gasteiger partial charge in [0.2, 0.25) is 5.91 Å². The molecule has 1 fully saturated rings. The third kappa shape index (κ3) is 2.60. The number of nitrogens with two attached hydrogens (primary N) is 2. The van der Waals surface area contributed by atoms with Crippen LogP contribution in [0.2, 0.25) is 0 Å². The first-order valence-corrected chi connectivity index (χ1v) is 4.46. The summed E-state index contributed by atoms with van der Waals surface area (Å²) in [6.07, 6.45) is 5.10. The van der Waals surface area contributed by atoms with E-state index in [1.165, 1.54) is 4.90 Å². The van der Waals surface area contributed by atoms with Crippen molar-refractivity contribution in [3.63, 3.8) is 0 Å². The fraction of sp³-hybridized carbons (Fsp3) is 0.556. The average molecular weight is 211 g/mol. The second-order valence-electron chi connectivity index (χ2n) is 3.28. The van der Waals surface area contributed by atoms with Gasteiger partial charge in [-0.1, -0.05) is 5.92 Å². The lowest BCUT2D eigenvalue weighted by molar-refractivity contribution is -0.121. The summed E-state index contributed by atoms with van der Waals surface area (Å²) in [6, 6.07) is -1.36. The number of likely N-dealkylation sites (tertiary alicyclic amines) is 1. The monoisotopic (exact) mass is 211 g/mol. The summed E-state index contributed by atoms with van der Waals surface area (Å²) >= 11 is 0. The van der Waals surface area contributed by atoms with Gasteiger partial charge in [-0.3, -0.25) is 4.79 Å². The molecule has 0 aromatic rings. The van der Waals surface area contributed by atoms with Gasteiger partial charge in [-0.15, -0.1) is 6.42 Å². The number of carbonyl (C=O) groups excluding carboxylic acids is 2. The molecule has 6 nitrogen and oxygen atoms in total. The number of urea groups is 1. The van der Waals surface area contributed by atoms with Gasteiger partial charge >= 0.3 is 6.03 Å². The summed E-state index contributed by atoms with van der Waals surface area (Å²) < 4.78 is 5.22. The van der Waals surface area contributed by atoms with Crippen LogP contribution >= 0.6 is 0 Å². The summed E-state index contributed by atoms with van der Waals surface area (Å²) in [7, 11) is 0. The molecule has 0 aromatic heterocycles. The minimum Gasteiger partial charge on any atom is -0.368 e. The van der Waals surface area contributed by atoms with Gasteiger partial charge in [0.1, 0.15) is 12.6 Å². The fourth-order valence-corrected chi connectivity index (χ4v) is 1.60. The second-order valence-corrected chi connectivity index (χ2v) is 3.28. The summed E-state index contributed by atoms with van der Waals surface area (Å²) in [5.41, 5.74) is 10.2. The smallest absolute Gasteiger partial charge is 0.315 e. The molecule has 4 N–H and O–H groups in total. The van der Waals surface area contributed by atoms with Crippen molar-refractivity contribution >= 4 is 11.9 Å². The van der Waals surface area contributed by atoms with Gasteiger partial charge in [0, 0.05) is 13.0 Å². The van der Waals surface area contributed by atoms with Crippen LogP contribution in [0.5, 0.6) is 0 Å². The SMILES string of the molecule is C#CCOC1CC(C(N)=O)N(C(N)=O)C1. The van der Waals surface area contributed by atoms with E-state index in [0.717, 1.165) is 0 Å². The standard InChI is InChI=1S/C9H13N3O3/c1-2-3-15-6-4-7(8(10)13)12(5-6)9(11)14/h1,6-7H,3-5H2,(H2,10,13)(H2,11,14). The van der Waals surface area contributed by atoms with Crippen molar-refractivity contribution in [2.45, 2.75) is 18.6 Å². The summed E-state index contributed by atoms with van der Waals surface area (Å²) in [5.74, 6) is 1.73. The van der Waals surface area contributed by atoms with E-state index < -0.39 is 18.0 Å². The highest BCUT2D eigenvalue weighted by Gasteiger charge is 2.38. The third-order valence-electron chi connectivity index (χ3n) is 2.28. The van der Waals surface area contributed by atoms with Gasteiger partial charge in [0.05, 0.1) is 6.10 Å². The number of amides is 3. The maximum absolute atomic E-state index is 11.0. The minimum atomic E-state index is -0.690. The van der Waals surface area contributed by atoms with Crippen LogP contribution in [0.4, 0.5) is 4.79 Å². The van der Waals surface area contributed by atoms with Gasteiger partial charge in [-0.05, 0) is 0 Å². The van der Waals surface area contributed by atoms with E-state index in [4.69, 9.17) is 22.6 Å². The molecule has 1 heterocycles. The highest BCUT2D eigenvalue weighted by molar-refractivity contribution is 5.86. The molecule has 3 amide bonds. The first-order valence-electron chi connectivity index (χ1n) is 4.46. The van der Waals surface area contributed by atoms with Crippen LogP contribution in [0.15, 0.2) is 0 Å². The van der Waals surface area contributed by atoms with E-state index in [1.807, 2.05) is 0 Å². The lowest BCUT2D eigenvalue weighted by Crippen LogP contribution is -2.46. The highest BCUT2D eigenvalue weighted by Crippen LogP contribution is 2.19. The van der Waals surface area contributed by atoms with E-state index in [2.05, 4.69) is 5.92 Å². The molecule has 15 heavy (non-hydrogen) atoms. The van der Waals surface area contributed by atoms with Crippen molar-refractivity contribution < 1.29 is 14.3 Å². The number of ether oxygens (including phenoxy) is 1. The topological polar surface area (TPSA) is 98.7 Å². The van der Waals surface area contributed by atoms with Crippen LogP contribution in [-0.4, -0.2) is 42.1 Å². The number of hydrogen-bond acceptors (Lipinski definition) is 3. The molecule has 0 spiro atoms. The molecule has 1 aliphatic heterocycles. The Balaban J connectivity index is 2.62. The predicted octanol–water partition coefficient (Wildman–Crippen LogP) is -1.36. The molecule has 1 rings (SSSR count). The minimum absolute atomic E-state index is 0.142. The lowest BCUT2D eigenvalue weighted by Gasteiger charge is -2.18. The molecule has 0 aromatic carbocycles.